The van der Waals surface area contributed by atoms with Crippen LogP contribution in [0.1, 0.15) is 109 Å². The smallest absolute Gasteiger partial charge is 0.183 e. The molecule has 0 spiro atoms. The molecule has 7 nitrogen and oxygen atoms in total. The summed E-state index contributed by atoms with van der Waals surface area (Å²) in [4.78, 5) is 0. The van der Waals surface area contributed by atoms with Crippen LogP contribution in [0.5, 0.6) is 5.75 Å². The van der Waals surface area contributed by atoms with Gasteiger partial charge in [-0.2, -0.15) is 0 Å². The van der Waals surface area contributed by atoms with Crippen LogP contribution in [-0.4, -0.2) is 71.7 Å². The van der Waals surface area contributed by atoms with Crippen LogP contribution in [0, 0.1) is 5.41 Å². The fourth-order valence-corrected chi connectivity index (χ4v) is 5.02. The monoisotopic (exact) mass is 566 g/mol. The predicted molar refractivity (Wildman–Crippen MR) is 160 cm³/mol. The summed E-state index contributed by atoms with van der Waals surface area (Å²) >= 11 is 0. The largest absolute Gasteiger partial charge is 0.497 e. The molecule has 1 N–H and O–H groups in total. The van der Waals surface area contributed by atoms with E-state index in [1.807, 2.05) is 24.3 Å². The SMILES string of the molecule is CCCCCCCCCCCCCCCCOCC1(COCCOCCO)COC(c2ccc(OC)cc2)OC1. The number of aliphatic hydroxyl groups excluding tert-OH is 1. The summed E-state index contributed by atoms with van der Waals surface area (Å²) in [6.07, 6.45) is 18.5. The van der Waals surface area contributed by atoms with Gasteiger partial charge in [-0.15, -0.1) is 0 Å². The Morgan fingerprint density at radius 3 is 1.70 bits per heavy atom. The molecule has 1 aliphatic heterocycles. The molecule has 0 bridgehead atoms. The maximum Gasteiger partial charge on any atom is 0.183 e. The molecule has 1 aromatic rings. The fraction of sp³-hybridized carbons (Fsp3) is 0.818. The number of hydrogen-bond acceptors (Lipinski definition) is 7. The molecule has 1 heterocycles. The maximum atomic E-state index is 8.86. The Labute approximate surface area is 244 Å². The second-order valence-electron chi connectivity index (χ2n) is 11.3. The fourth-order valence-electron chi connectivity index (χ4n) is 5.02. The van der Waals surface area contributed by atoms with E-state index in [0.717, 1.165) is 24.3 Å². The molecule has 0 aromatic heterocycles. The number of ether oxygens (including phenoxy) is 6. The first-order chi connectivity index (χ1) is 19.7. The summed E-state index contributed by atoms with van der Waals surface area (Å²) in [6.45, 7) is 6.30. The lowest BCUT2D eigenvalue weighted by Crippen LogP contribution is -2.46. The Hall–Kier alpha value is -1.22. The molecule has 1 aromatic carbocycles. The van der Waals surface area contributed by atoms with E-state index < -0.39 is 6.29 Å². The van der Waals surface area contributed by atoms with Gasteiger partial charge in [0.25, 0.3) is 0 Å². The van der Waals surface area contributed by atoms with Crippen molar-refractivity contribution in [2.75, 3.05) is 66.6 Å². The lowest BCUT2D eigenvalue weighted by Gasteiger charge is -2.39. The van der Waals surface area contributed by atoms with Crippen molar-refractivity contribution >= 4 is 0 Å². The maximum absolute atomic E-state index is 8.86. The molecule has 0 aliphatic carbocycles. The zero-order valence-electron chi connectivity index (χ0n) is 25.5. The Kier molecular flexibility index (Phi) is 20.4. The quantitative estimate of drug-likeness (QED) is 0.118. The lowest BCUT2D eigenvalue weighted by molar-refractivity contribution is -0.254. The van der Waals surface area contributed by atoms with Crippen LogP contribution in [0.4, 0.5) is 0 Å². The highest BCUT2D eigenvalue weighted by atomic mass is 16.7. The van der Waals surface area contributed by atoms with E-state index in [-0.39, 0.29) is 12.0 Å². The van der Waals surface area contributed by atoms with Crippen molar-refractivity contribution in [2.45, 2.75) is 103 Å². The number of benzene rings is 1. The van der Waals surface area contributed by atoms with Crippen molar-refractivity contribution in [2.24, 2.45) is 5.41 Å². The highest BCUT2D eigenvalue weighted by Crippen LogP contribution is 2.33. The molecule has 0 saturated carbocycles. The molecule has 0 radical (unpaired) electrons. The highest BCUT2D eigenvalue weighted by Gasteiger charge is 2.38. The highest BCUT2D eigenvalue weighted by molar-refractivity contribution is 5.28. The van der Waals surface area contributed by atoms with Crippen molar-refractivity contribution in [3.63, 3.8) is 0 Å². The van der Waals surface area contributed by atoms with Crippen LogP contribution in [0.15, 0.2) is 24.3 Å². The third kappa shape index (κ3) is 15.7. The number of methoxy groups -OCH3 is 1. The molecule has 0 amide bonds. The van der Waals surface area contributed by atoms with Gasteiger partial charge in [-0.1, -0.05) is 103 Å². The summed E-state index contributed by atoms with van der Waals surface area (Å²) < 4.78 is 34.9. The predicted octanol–water partition coefficient (Wildman–Crippen LogP) is 7.25. The summed E-state index contributed by atoms with van der Waals surface area (Å²) in [6, 6.07) is 7.77. The zero-order chi connectivity index (χ0) is 28.6. The zero-order valence-corrected chi connectivity index (χ0v) is 25.5. The Bertz CT molecular complexity index is 689. The van der Waals surface area contributed by atoms with E-state index in [0.29, 0.717) is 46.2 Å². The van der Waals surface area contributed by atoms with Crippen LogP contribution in [0.25, 0.3) is 0 Å². The second kappa shape index (κ2) is 23.4. The van der Waals surface area contributed by atoms with Gasteiger partial charge in [0, 0.05) is 12.2 Å². The van der Waals surface area contributed by atoms with Crippen LogP contribution in [0.3, 0.4) is 0 Å². The van der Waals surface area contributed by atoms with Gasteiger partial charge in [0.1, 0.15) is 5.75 Å². The summed E-state index contributed by atoms with van der Waals surface area (Å²) in [5.41, 5.74) is 0.617. The van der Waals surface area contributed by atoms with Crippen molar-refractivity contribution in [1.29, 1.82) is 0 Å². The van der Waals surface area contributed by atoms with E-state index in [1.165, 1.54) is 83.5 Å². The summed E-state index contributed by atoms with van der Waals surface area (Å²) in [7, 11) is 1.66. The van der Waals surface area contributed by atoms with Gasteiger partial charge in [0.05, 0.1) is 65.4 Å². The van der Waals surface area contributed by atoms with Crippen LogP contribution in [0.2, 0.25) is 0 Å². The van der Waals surface area contributed by atoms with Crippen molar-refractivity contribution in [3.05, 3.63) is 29.8 Å². The minimum Gasteiger partial charge on any atom is -0.497 e. The van der Waals surface area contributed by atoms with Gasteiger partial charge in [-0.3, -0.25) is 0 Å². The third-order valence-corrected chi connectivity index (χ3v) is 7.54. The van der Waals surface area contributed by atoms with E-state index in [9.17, 15) is 0 Å². The van der Waals surface area contributed by atoms with Crippen molar-refractivity contribution < 1.29 is 33.5 Å². The molecular weight excluding hydrogens is 508 g/mol. The Morgan fingerprint density at radius 2 is 1.18 bits per heavy atom. The number of rotatable bonds is 26. The number of aliphatic hydroxyl groups is 1. The average Bonchev–Trinajstić information content (AvgIpc) is 2.99. The summed E-state index contributed by atoms with van der Waals surface area (Å²) in [5, 5.41) is 8.86. The third-order valence-electron chi connectivity index (χ3n) is 7.54. The molecule has 0 atom stereocenters. The van der Waals surface area contributed by atoms with Gasteiger partial charge in [0.2, 0.25) is 0 Å². The molecule has 1 saturated heterocycles. The molecule has 1 aliphatic rings. The molecule has 40 heavy (non-hydrogen) atoms. The molecule has 7 heteroatoms. The first-order valence-electron chi connectivity index (χ1n) is 15.9. The normalized spacial score (nSPS) is 19.2. The van der Waals surface area contributed by atoms with E-state index >= 15 is 0 Å². The minimum absolute atomic E-state index is 0.0193. The number of unbranched alkanes of at least 4 members (excludes halogenated alkanes) is 13. The standard InChI is InChI=1S/C33H58O7/c1-3-4-5-6-7-8-9-10-11-12-13-14-15-16-22-37-26-33(27-38-25-24-36-23-21-34)28-39-32(40-29-33)30-17-19-31(35-2)20-18-30/h17-20,32,34H,3-16,21-29H2,1-2H3. The summed E-state index contributed by atoms with van der Waals surface area (Å²) in [5.74, 6) is 0.808. The van der Waals surface area contributed by atoms with Gasteiger partial charge >= 0.3 is 0 Å². The Morgan fingerprint density at radius 1 is 0.675 bits per heavy atom. The van der Waals surface area contributed by atoms with Crippen molar-refractivity contribution in [3.8, 4) is 5.75 Å². The van der Waals surface area contributed by atoms with E-state index in [2.05, 4.69) is 6.92 Å². The number of hydrogen-bond donors (Lipinski definition) is 1. The first kappa shape index (κ1) is 35.0. The molecule has 232 valence electrons. The van der Waals surface area contributed by atoms with Gasteiger partial charge in [-0.05, 0) is 18.6 Å². The molecule has 0 unspecified atom stereocenters. The topological polar surface area (TPSA) is 75.6 Å². The van der Waals surface area contributed by atoms with Gasteiger partial charge in [-0.25, -0.2) is 0 Å². The second-order valence-corrected chi connectivity index (χ2v) is 11.3. The molecular formula is C33H58O7. The van der Waals surface area contributed by atoms with Crippen molar-refractivity contribution in [1.82, 2.24) is 0 Å². The van der Waals surface area contributed by atoms with E-state index in [1.54, 1.807) is 7.11 Å². The minimum atomic E-state index is -0.405. The van der Waals surface area contributed by atoms with Crippen LogP contribution < -0.4 is 4.74 Å². The Balaban J connectivity index is 1.59. The lowest BCUT2D eigenvalue weighted by atomic mass is 9.91. The van der Waals surface area contributed by atoms with E-state index in [4.69, 9.17) is 33.5 Å². The van der Waals surface area contributed by atoms with Gasteiger partial charge < -0.3 is 33.5 Å². The first-order valence-corrected chi connectivity index (χ1v) is 15.9. The average molecular weight is 567 g/mol. The van der Waals surface area contributed by atoms with Gasteiger partial charge in [0.15, 0.2) is 6.29 Å². The van der Waals surface area contributed by atoms with Crippen LogP contribution >= 0.6 is 0 Å². The molecule has 1 fully saturated rings. The molecule has 2 rings (SSSR count). The van der Waals surface area contributed by atoms with Crippen LogP contribution in [-0.2, 0) is 23.7 Å².